The number of terminal acetylenes is 1. The van der Waals surface area contributed by atoms with Gasteiger partial charge >= 0.3 is 0 Å². The first-order chi connectivity index (χ1) is 8.14. The maximum Gasteiger partial charge on any atom is 0.213 e. The minimum atomic E-state index is -3.13. The Hall–Kier alpha value is -0.570. The summed E-state index contributed by atoms with van der Waals surface area (Å²) in [7, 11) is -3.13. The lowest BCUT2D eigenvalue weighted by Gasteiger charge is -2.23. The number of nitrogens with one attached hydrogen (secondary N) is 2. The molecule has 1 saturated heterocycles. The Kier molecular flexibility index (Phi) is 6.56. The van der Waals surface area contributed by atoms with Crippen molar-refractivity contribution < 1.29 is 8.42 Å². The molecule has 5 heteroatoms. The van der Waals surface area contributed by atoms with Gasteiger partial charge in [-0.15, -0.1) is 12.3 Å². The molecule has 1 aliphatic heterocycles. The van der Waals surface area contributed by atoms with Gasteiger partial charge in [0.1, 0.15) is 0 Å². The van der Waals surface area contributed by atoms with Crippen molar-refractivity contribution in [2.45, 2.75) is 44.6 Å². The summed E-state index contributed by atoms with van der Waals surface area (Å²) in [6.45, 7) is 1.43. The zero-order valence-electron chi connectivity index (χ0n) is 10.2. The summed E-state index contributed by atoms with van der Waals surface area (Å²) >= 11 is 0. The number of sulfonamides is 1. The highest BCUT2D eigenvalue weighted by Gasteiger charge is 2.20. The topological polar surface area (TPSA) is 58.2 Å². The van der Waals surface area contributed by atoms with Crippen LogP contribution in [0, 0.1) is 12.3 Å². The van der Waals surface area contributed by atoms with Crippen LogP contribution in [0.4, 0.5) is 0 Å². The van der Waals surface area contributed by atoms with Gasteiger partial charge in [0, 0.05) is 19.0 Å². The van der Waals surface area contributed by atoms with Crippen LogP contribution in [0.25, 0.3) is 0 Å². The highest BCUT2D eigenvalue weighted by atomic mass is 32.2. The molecule has 0 aromatic rings. The first kappa shape index (κ1) is 14.5. The Labute approximate surface area is 105 Å². The molecule has 1 atom stereocenters. The molecule has 4 nitrogen and oxygen atoms in total. The highest BCUT2D eigenvalue weighted by molar-refractivity contribution is 7.89. The first-order valence-corrected chi connectivity index (χ1v) is 7.93. The summed E-state index contributed by atoms with van der Waals surface area (Å²) < 4.78 is 26.1. The number of hydrogen-bond acceptors (Lipinski definition) is 3. The molecule has 0 saturated carbocycles. The van der Waals surface area contributed by atoms with E-state index in [0.29, 0.717) is 13.0 Å². The molecule has 0 radical (unpaired) electrons. The van der Waals surface area contributed by atoms with Crippen LogP contribution in [0.15, 0.2) is 0 Å². The third-order valence-corrected chi connectivity index (χ3v) is 4.39. The number of unbranched alkanes of at least 4 members (excludes halogenated alkanes) is 2. The van der Waals surface area contributed by atoms with Crippen LogP contribution in [-0.4, -0.2) is 33.3 Å². The van der Waals surface area contributed by atoms with E-state index in [1.165, 1.54) is 0 Å². The van der Waals surface area contributed by atoms with Crippen molar-refractivity contribution in [1.82, 2.24) is 10.0 Å². The standard InChI is InChI=1S/C12H22N2O2S/c1-2-3-4-6-10-14-17(15,16)11-12-8-5-7-9-13-12/h1,12-14H,3-11H2. The molecule has 1 aliphatic rings. The van der Waals surface area contributed by atoms with Gasteiger partial charge in [-0.3, -0.25) is 0 Å². The lowest BCUT2D eigenvalue weighted by Crippen LogP contribution is -2.42. The Morgan fingerprint density at radius 1 is 1.35 bits per heavy atom. The Morgan fingerprint density at radius 2 is 2.18 bits per heavy atom. The second-order valence-electron chi connectivity index (χ2n) is 4.48. The molecule has 1 unspecified atom stereocenters. The van der Waals surface area contributed by atoms with E-state index in [2.05, 4.69) is 16.0 Å². The van der Waals surface area contributed by atoms with E-state index >= 15 is 0 Å². The summed E-state index contributed by atoms with van der Waals surface area (Å²) in [5.74, 6) is 2.74. The average Bonchev–Trinajstić information content (AvgIpc) is 2.29. The van der Waals surface area contributed by atoms with Gasteiger partial charge in [-0.1, -0.05) is 6.42 Å². The van der Waals surface area contributed by atoms with Crippen LogP contribution in [-0.2, 0) is 10.0 Å². The molecule has 0 bridgehead atoms. The Morgan fingerprint density at radius 3 is 2.82 bits per heavy atom. The van der Waals surface area contributed by atoms with Crippen molar-refractivity contribution in [2.75, 3.05) is 18.8 Å². The van der Waals surface area contributed by atoms with E-state index in [9.17, 15) is 8.42 Å². The predicted molar refractivity (Wildman–Crippen MR) is 70.1 cm³/mol. The normalized spacial score (nSPS) is 21.0. The molecular formula is C12H22N2O2S. The van der Waals surface area contributed by atoms with Crippen LogP contribution in [0.2, 0.25) is 0 Å². The quantitative estimate of drug-likeness (QED) is 0.526. The molecule has 0 aromatic heterocycles. The van der Waals surface area contributed by atoms with Gasteiger partial charge in [0.2, 0.25) is 10.0 Å². The van der Waals surface area contributed by atoms with Crippen LogP contribution in [0.5, 0.6) is 0 Å². The Balaban J connectivity index is 2.19. The first-order valence-electron chi connectivity index (χ1n) is 6.28. The van der Waals surface area contributed by atoms with Crippen molar-refractivity contribution in [2.24, 2.45) is 0 Å². The van der Waals surface area contributed by atoms with Crippen LogP contribution in [0.3, 0.4) is 0 Å². The molecule has 0 amide bonds. The molecule has 0 spiro atoms. The third kappa shape index (κ3) is 6.67. The third-order valence-electron chi connectivity index (χ3n) is 2.90. The summed E-state index contributed by atoms with van der Waals surface area (Å²) in [5.41, 5.74) is 0. The van der Waals surface area contributed by atoms with E-state index < -0.39 is 10.0 Å². The van der Waals surface area contributed by atoms with Gasteiger partial charge in [0.05, 0.1) is 5.75 Å². The molecule has 1 fully saturated rings. The van der Waals surface area contributed by atoms with E-state index in [4.69, 9.17) is 6.42 Å². The second-order valence-corrected chi connectivity index (χ2v) is 6.34. The van der Waals surface area contributed by atoms with Crippen molar-refractivity contribution in [3.63, 3.8) is 0 Å². The zero-order valence-corrected chi connectivity index (χ0v) is 11.1. The SMILES string of the molecule is C#CCCCCNS(=O)(=O)CC1CCCCN1. The molecule has 2 N–H and O–H groups in total. The number of rotatable bonds is 7. The van der Waals surface area contributed by atoms with Gasteiger partial charge in [-0.25, -0.2) is 13.1 Å². The largest absolute Gasteiger partial charge is 0.313 e. The van der Waals surface area contributed by atoms with E-state index in [0.717, 1.165) is 38.6 Å². The minimum absolute atomic E-state index is 0.118. The van der Waals surface area contributed by atoms with Crippen LogP contribution in [0.1, 0.15) is 38.5 Å². The summed E-state index contributed by atoms with van der Waals surface area (Å²) in [5, 5.41) is 3.24. The monoisotopic (exact) mass is 258 g/mol. The van der Waals surface area contributed by atoms with Crippen molar-refractivity contribution in [1.29, 1.82) is 0 Å². The molecule has 1 heterocycles. The maximum atomic E-state index is 11.7. The van der Waals surface area contributed by atoms with Crippen LogP contribution >= 0.6 is 0 Å². The van der Waals surface area contributed by atoms with Gasteiger partial charge in [0.25, 0.3) is 0 Å². The Bertz CT molecular complexity index is 340. The van der Waals surface area contributed by atoms with E-state index in [1.807, 2.05) is 0 Å². The lowest BCUT2D eigenvalue weighted by atomic mass is 10.1. The minimum Gasteiger partial charge on any atom is -0.313 e. The van der Waals surface area contributed by atoms with Crippen LogP contribution < -0.4 is 10.0 Å². The highest BCUT2D eigenvalue weighted by Crippen LogP contribution is 2.08. The van der Waals surface area contributed by atoms with Gasteiger partial charge in [-0.05, 0) is 32.2 Å². The summed E-state index contributed by atoms with van der Waals surface area (Å²) in [6, 6.07) is 0.118. The van der Waals surface area contributed by atoms with Crippen molar-refractivity contribution in [3.05, 3.63) is 0 Å². The fourth-order valence-electron chi connectivity index (χ4n) is 1.97. The summed E-state index contributed by atoms with van der Waals surface area (Å²) in [4.78, 5) is 0. The van der Waals surface area contributed by atoms with Crippen molar-refractivity contribution in [3.8, 4) is 12.3 Å². The molecule has 98 valence electrons. The summed E-state index contributed by atoms with van der Waals surface area (Å²) in [6.07, 6.45) is 10.7. The van der Waals surface area contributed by atoms with Crippen molar-refractivity contribution >= 4 is 10.0 Å². The van der Waals surface area contributed by atoms with Gasteiger partial charge in [0.15, 0.2) is 0 Å². The smallest absolute Gasteiger partial charge is 0.213 e. The van der Waals surface area contributed by atoms with Gasteiger partial charge < -0.3 is 5.32 Å². The maximum absolute atomic E-state index is 11.7. The van der Waals surface area contributed by atoms with Gasteiger partial charge in [-0.2, -0.15) is 0 Å². The molecule has 0 aromatic carbocycles. The van der Waals surface area contributed by atoms with E-state index in [-0.39, 0.29) is 11.8 Å². The van der Waals surface area contributed by atoms with E-state index in [1.54, 1.807) is 0 Å². The number of piperidine rings is 1. The number of hydrogen-bond donors (Lipinski definition) is 2. The molecule has 1 rings (SSSR count). The lowest BCUT2D eigenvalue weighted by molar-refractivity contribution is 0.422. The molecule has 17 heavy (non-hydrogen) atoms. The fraction of sp³-hybridized carbons (Fsp3) is 0.833. The molecule has 0 aliphatic carbocycles. The zero-order chi connectivity index (χ0) is 12.6. The predicted octanol–water partition coefficient (Wildman–Crippen LogP) is 0.851. The average molecular weight is 258 g/mol. The second kappa shape index (κ2) is 7.70. The fourth-order valence-corrected chi connectivity index (χ4v) is 3.36. The molecular weight excluding hydrogens is 236 g/mol.